The summed E-state index contributed by atoms with van der Waals surface area (Å²) in [5.74, 6) is -1.15. The van der Waals surface area contributed by atoms with E-state index in [2.05, 4.69) is 6.92 Å². The molecule has 1 rings (SSSR count). The van der Waals surface area contributed by atoms with E-state index in [0.717, 1.165) is 12.8 Å². The van der Waals surface area contributed by atoms with Crippen LogP contribution in [0.4, 0.5) is 0 Å². The third-order valence-corrected chi connectivity index (χ3v) is 3.25. The van der Waals surface area contributed by atoms with E-state index in [1.807, 2.05) is 0 Å². The van der Waals surface area contributed by atoms with Gasteiger partial charge < -0.3 is 9.67 Å². The number of nitrogens with zero attached hydrogens (tertiary/aromatic N) is 1. The minimum Gasteiger partial charge on any atom is -0.477 e. The first kappa shape index (κ1) is 15.5. The van der Waals surface area contributed by atoms with Gasteiger partial charge >= 0.3 is 5.97 Å². The molecule has 1 aromatic heterocycles. The molecule has 19 heavy (non-hydrogen) atoms. The lowest BCUT2D eigenvalue weighted by Gasteiger charge is -2.06. The lowest BCUT2D eigenvalue weighted by molar-refractivity contribution is 0.0694. The van der Waals surface area contributed by atoms with Crippen LogP contribution in [0.1, 0.15) is 62.2 Å². The highest BCUT2D eigenvalue weighted by Gasteiger charge is 2.09. The Morgan fingerprint density at radius 2 is 1.79 bits per heavy atom. The standard InChI is InChI=1S/C15H23NO3/c1-2-3-4-5-6-7-8-11-16-12-9-10-13(14(16)17)15(18)19/h9-10,12H,2-8,11H2,1H3,(H,18,19). The zero-order valence-electron chi connectivity index (χ0n) is 11.6. The van der Waals surface area contributed by atoms with Gasteiger partial charge in [0.05, 0.1) is 0 Å². The van der Waals surface area contributed by atoms with E-state index >= 15 is 0 Å². The molecular formula is C15H23NO3. The maximum absolute atomic E-state index is 11.8. The van der Waals surface area contributed by atoms with Gasteiger partial charge in [-0.1, -0.05) is 45.4 Å². The lowest BCUT2D eigenvalue weighted by atomic mass is 10.1. The maximum atomic E-state index is 11.8. The monoisotopic (exact) mass is 265 g/mol. The Morgan fingerprint density at radius 3 is 2.42 bits per heavy atom. The molecular weight excluding hydrogens is 242 g/mol. The second-order valence-corrected chi connectivity index (χ2v) is 4.85. The Kier molecular flexibility index (Phi) is 6.93. The Morgan fingerprint density at radius 1 is 1.16 bits per heavy atom. The van der Waals surface area contributed by atoms with Gasteiger partial charge in [-0.05, 0) is 18.6 Å². The first-order valence-electron chi connectivity index (χ1n) is 7.09. The van der Waals surface area contributed by atoms with Crippen LogP contribution in [-0.2, 0) is 6.54 Å². The van der Waals surface area contributed by atoms with Crippen molar-refractivity contribution in [1.82, 2.24) is 4.57 Å². The van der Waals surface area contributed by atoms with Crippen LogP contribution in [-0.4, -0.2) is 15.6 Å². The molecule has 0 atom stereocenters. The summed E-state index contributed by atoms with van der Waals surface area (Å²) in [4.78, 5) is 22.6. The fraction of sp³-hybridized carbons (Fsp3) is 0.600. The third-order valence-electron chi connectivity index (χ3n) is 3.25. The third kappa shape index (κ3) is 5.28. The Bertz CT molecular complexity index is 451. The summed E-state index contributed by atoms with van der Waals surface area (Å²) < 4.78 is 1.50. The molecule has 0 bridgehead atoms. The molecule has 0 spiro atoms. The number of carboxylic acid groups (broad SMARTS) is 1. The number of aromatic nitrogens is 1. The normalized spacial score (nSPS) is 10.6. The second-order valence-electron chi connectivity index (χ2n) is 4.85. The van der Waals surface area contributed by atoms with E-state index in [0.29, 0.717) is 6.54 Å². The maximum Gasteiger partial charge on any atom is 0.341 e. The highest BCUT2D eigenvalue weighted by atomic mass is 16.4. The van der Waals surface area contributed by atoms with E-state index in [1.54, 1.807) is 12.3 Å². The van der Waals surface area contributed by atoms with Gasteiger partial charge in [-0.2, -0.15) is 0 Å². The first-order valence-corrected chi connectivity index (χ1v) is 7.09. The summed E-state index contributed by atoms with van der Waals surface area (Å²) in [6.07, 6.45) is 9.93. The average Bonchev–Trinajstić information content (AvgIpc) is 2.39. The van der Waals surface area contributed by atoms with Gasteiger partial charge in [-0.25, -0.2) is 4.79 Å². The van der Waals surface area contributed by atoms with Crippen molar-refractivity contribution in [2.75, 3.05) is 0 Å². The van der Waals surface area contributed by atoms with Crippen LogP contribution in [0.15, 0.2) is 23.1 Å². The van der Waals surface area contributed by atoms with Crippen LogP contribution in [0, 0.1) is 0 Å². The molecule has 4 heteroatoms. The molecule has 0 radical (unpaired) electrons. The number of aromatic carboxylic acids is 1. The fourth-order valence-corrected chi connectivity index (χ4v) is 2.11. The molecule has 0 saturated heterocycles. The molecule has 0 aliphatic heterocycles. The molecule has 1 heterocycles. The summed E-state index contributed by atoms with van der Waals surface area (Å²) in [6.45, 7) is 2.80. The van der Waals surface area contributed by atoms with Crippen molar-refractivity contribution in [2.45, 2.75) is 58.4 Å². The number of rotatable bonds is 9. The summed E-state index contributed by atoms with van der Waals surface area (Å²) >= 11 is 0. The Hall–Kier alpha value is -1.58. The van der Waals surface area contributed by atoms with E-state index in [9.17, 15) is 9.59 Å². The number of pyridine rings is 1. The smallest absolute Gasteiger partial charge is 0.341 e. The summed E-state index contributed by atoms with van der Waals surface area (Å²) in [7, 11) is 0. The van der Waals surface area contributed by atoms with Crippen molar-refractivity contribution in [3.63, 3.8) is 0 Å². The second kappa shape index (κ2) is 8.51. The lowest BCUT2D eigenvalue weighted by Crippen LogP contribution is -2.25. The Labute approximate surface area is 114 Å². The molecule has 1 N–H and O–H groups in total. The van der Waals surface area contributed by atoms with Crippen molar-refractivity contribution in [1.29, 1.82) is 0 Å². The van der Waals surface area contributed by atoms with Crippen LogP contribution in [0.3, 0.4) is 0 Å². The van der Waals surface area contributed by atoms with Crippen molar-refractivity contribution in [3.05, 3.63) is 34.2 Å². The highest BCUT2D eigenvalue weighted by Crippen LogP contribution is 2.07. The van der Waals surface area contributed by atoms with Crippen molar-refractivity contribution < 1.29 is 9.90 Å². The molecule has 106 valence electrons. The molecule has 0 aliphatic carbocycles. The van der Waals surface area contributed by atoms with Crippen LogP contribution >= 0.6 is 0 Å². The SMILES string of the molecule is CCCCCCCCCn1cccc(C(=O)O)c1=O. The van der Waals surface area contributed by atoms with E-state index in [1.165, 1.54) is 42.7 Å². The van der Waals surface area contributed by atoms with Gasteiger partial charge in [0, 0.05) is 12.7 Å². The van der Waals surface area contributed by atoms with Gasteiger partial charge in [0.15, 0.2) is 0 Å². The number of aryl methyl sites for hydroxylation is 1. The van der Waals surface area contributed by atoms with E-state index in [-0.39, 0.29) is 5.56 Å². The first-order chi connectivity index (χ1) is 9.16. The molecule has 0 aliphatic rings. The number of carbonyl (C=O) groups is 1. The zero-order chi connectivity index (χ0) is 14.1. The molecule has 0 saturated carbocycles. The molecule has 0 fully saturated rings. The summed E-state index contributed by atoms with van der Waals surface area (Å²) in [5, 5.41) is 8.87. The van der Waals surface area contributed by atoms with E-state index in [4.69, 9.17) is 5.11 Å². The van der Waals surface area contributed by atoms with Crippen LogP contribution < -0.4 is 5.56 Å². The molecule has 0 amide bonds. The minimum absolute atomic E-state index is 0.148. The van der Waals surface area contributed by atoms with Gasteiger partial charge in [0.2, 0.25) is 0 Å². The Balaban J connectivity index is 2.36. The van der Waals surface area contributed by atoms with E-state index < -0.39 is 11.5 Å². The highest BCUT2D eigenvalue weighted by molar-refractivity contribution is 5.86. The molecule has 0 aromatic carbocycles. The molecule has 1 aromatic rings. The predicted octanol–water partition coefficient (Wildman–Crippen LogP) is 3.30. The largest absolute Gasteiger partial charge is 0.477 e. The number of hydrogen-bond donors (Lipinski definition) is 1. The average molecular weight is 265 g/mol. The molecule has 0 unspecified atom stereocenters. The van der Waals surface area contributed by atoms with Crippen LogP contribution in [0.25, 0.3) is 0 Å². The van der Waals surface area contributed by atoms with Gasteiger partial charge in [-0.3, -0.25) is 4.79 Å². The topological polar surface area (TPSA) is 59.3 Å². The van der Waals surface area contributed by atoms with Crippen molar-refractivity contribution in [3.8, 4) is 0 Å². The van der Waals surface area contributed by atoms with Crippen LogP contribution in [0.5, 0.6) is 0 Å². The summed E-state index contributed by atoms with van der Waals surface area (Å²) in [6, 6.07) is 2.97. The predicted molar refractivity (Wildman–Crippen MR) is 75.7 cm³/mol. The van der Waals surface area contributed by atoms with Crippen molar-refractivity contribution in [2.24, 2.45) is 0 Å². The summed E-state index contributed by atoms with van der Waals surface area (Å²) in [5.41, 5.74) is -0.550. The van der Waals surface area contributed by atoms with Gasteiger partial charge in [0.1, 0.15) is 5.56 Å². The van der Waals surface area contributed by atoms with Crippen LogP contribution in [0.2, 0.25) is 0 Å². The van der Waals surface area contributed by atoms with Gasteiger partial charge in [0.25, 0.3) is 5.56 Å². The number of carboxylic acids is 1. The van der Waals surface area contributed by atoms with Gasteiger partial charge in [-0.15, -0.1) is 0 Å². The quantitative estimate of drug-likeness (QED) is 0.697. The number of unbranched alkanes of at least 4 members (excludes halogenated alkanes) is 6. The zero-order valence-corrected chi connectivity index (χ0v) is 11.6. The number of hydrogen-bond acceptors (Lipinski definition) is 2. The molecule has 4 nitrogen and oxygen atoms in total. The van der Waals surface area contributed by atoms with Crippen molar-refractivity contribution >= 4 is 5.97 Å². The minimum atomic E-state index is -1.15. The fourth-order valence-electron chi connectivity index (χ4n) is 2.11.